The van der Waals surface area contributed by atoms with E-state index >= 15 is 0 Å². The van der Waals surface area contributed by atoms with Gasteiger partial charge in [0, 0.05) is 11.7 Å². The van der Waals surface area contributed by atoms with Gasteiger partial charge in [0.05, 0.1) is 24.5 Å². The molecule has 5 heteroatoms. The van der Waals surface area contributed by atoms with Gasteiger partial charge in [-0.15, -0.1) is 0 Å². The van der Waals surface area contributed by atoms with E-state index in [0.29, 0.717) is 6.54 Å². The zero-order valence-corrected chi connectivity index (χ0v) is 17.0. The first kappa shape index (κ1) is 19.1. The number of anilines is 1. The average molecular weight is 402 g/mol. The highest BCUT2D eigenvalue weighted by Crippen LogP contribution is 2.52. The van der Waals surface area contributed by atoms with Crippen LogP contribution in [-0.2, 0) is 20.7 Å². The van der Waals surface area contributed by atoms with Gasteiger partial charge in [0.2, 0.25) is 11.8 Å². The van der Waals surface area contributed by atoms with Crippen LogP contribution in [0.2, 0.25) is 0 Å². The molecule has 0 saturated carbocycles. The number of para-hydroxylation sites is 1. The molecule has 2 saturated heterocycles. The minimum Gasteiger partial charge on any atom is -0.360 e. The van der Waals surface area contributed by atoms with Gasteiger partial charge in [0.15, 0.2) is 0 Å². The van der Waals surface area contributed by atoms with Crippen LogP contribution in [0.25, 0.3) is 0 Å². The van der Waals surface area contributed by atoms with Crippen LogP contribution in [-0.4, -0.2) is 36.1 Å². The maximum Gasteiger partial charge on any atom is 0.234 e. The van der Waals surface area contributed by atoms with Crippen LogP contribution in [0, 0.1) is 11.8 Å². The largest absolute Gasteiger partial charge is 0.360 e. The van der Waals surface area contributed by atoms with Gasteiger partial charge in [-0.2, -0.15) is 0 Å². The van der Waals surface area contributed by atoms with Gasteiger partial charge < -0.3 is 15.0 Å². The Morgan fingerprint density at radius 3 is 2.60 bits per heavy atom. The van der Waals surface area contributed by atoms with Gasteiger partial charge in [-0.3, -0.25) is 9.59 Å². The third-order valence-electron chi connectivity index (χ3n) is 6.57. The Morgan fingerprint density at radius 1 is 1.17 bits per heavy atom. The number of carbonyl (C=O) groups is 2. The predicted molar refractivity (Wildman–Crippen MR) is 115 cm³/mol. The summed E-state index contributed by atoms with van der Waals surface area (Å²) < 4.78 is 6.22. The fraction of sp³-hybridized carbons (Fsp3) is 0.360. The van der Waals surface area contributed by atoms with Crippen molar-refractivity contribution in [2.75, 3.05) is 11.4 Å². The van der Waals surface area contributed by atoms with E-state index in [0.717, 1.165) is 18.5 Å². The van der Waals surface area contributed by atoms with Crippen molar-refractivity contribution in [3.63, 3.8) is 0 Å². The summed E-state index contributed by atoms with van der Waals surface area (Å²) in [5, 5.41) is 3.14. The van der Waals surface area contributed by atoms with Crippen molar-refractivity contribution in [2.45, 2.75) is 37.5 Å². The molecule has 2 aromatic carbocycles. The van der Waals surface area contributed by atoms with Crippen molar-refractivity contribution in [3.8, 4) is 0 Å². The summed E-state index contributed by atoms with van der Waals surface area (Å²) in [6.07, 6.45) is 5.38. The molecule has 2 aromatic rings. The van der Waals surface area contributed by atoms with Crippen LogP contribution in [0.5, 0.6) is 0 Å². The zero-order valence-electron chi connectivity index (χ0n) is 17.0. The average Bonchev–Trinajstić information content (AvgIpc) is 3.42. The van der Waals surface area contributed by atoms with Crippen LogP contribution in [0.4, 0.5) is 5.69 Å². The van der Waals surface area contributed by atoms with E-state index in [2.05, 4.69) is 17.4 Å². The number of rotatable bonds is 6. The van der Waals surface area contributed by atoms with Crippen LogP contribution < -0.4 is 10.2 Å². The number of ether oxygens (including phenoxy) is 1. The molecule has 1 N–H and O–H groups in total. The van der Waals surface area contributed by atoms with Gasteiger partial charge in [-0.1, -0.05) is 60.7 Å². The van der Waals surface area contributed by atoms with Crippen molar-refractivity contribution in [1.82, 2.24) is 5.32 Å². The van der Waals surface area contributed by atoms with Gasteiger partial charge in [-0.05, 0) is 37.5 Å². The molecule has 30 heavy (non-hydrogen) atoms. The summed E-state index contributed by atoms with van der Waals surface area (Å²) in [4.78, 5) is 28.3. The molecule has 5 nitrogen and oxygen atoms in total. The number of nitrogens with one attached hydrogen (secondary N) is 1. The topological polar surface area (TPSA) is 58.6 Å². The Hall–Kier alpha value is -2.92. The number of aryl methyl sites for hydroxylation is 1. The van der Waals surface area contributed by atoms with Crippen molar-refractivity contribution >= 4 is 17.5 Å². The SMILES string of the molecule is C[C@@H](CCc1ccccc1)NC(=O)[C@@H]1[C@@H]2C=C[C@]3(CN(c4ccccc4)C(=O)[C@H]13)O2. The highest BCUT2D eigenvalue weighted by Gasteiger charge is 2.67. The third-order valence-corrected chi connectivity index (χ3v) is 6.57. The summed E-state index contributed by atoms with van der Waals surface area (Å²) in [6.45, 7) is 2.48. The summed E-state index contributed by atoms with van der Waals surface area (Å²) >= 11 is 0. The number of hydrogen-bond donors (Lipinski definition) is 1. The van der Waals surface area contributed by atoms with Crippen LogP contribution >= 0.6 is 0 Å². The molecule has 2 bridgehead atoms. The first-order chi connectivity index (χ1) is 14.6. The molecule has 5 atom stereocenters. The maximum atomic E-state index is 13.3. The number of carbonyl (C=O) groups excluding carboxylic acids is 2. The van der Waals surface area contributed by atoms with E-state index < -0.39 is 17.4 Å². The minimum atomic E-state index is -0.688. The molecular weight excluding hydrogens is 376 g/mol. The van der Waals surface area contributed by atoms with Crippen LogP contribution in [0.1, 0.15) is 18.9 Å². The van der Waals surface area contributed by atoms with Gasteiger partial charge in [-0.25, -0.2) is 0 Å². The molecule has 0 aromatic heterocycles. The number of hydrogen-bond acceptors (Lipinski definition) is 3. The number of fused-ring (bicyclic) bond motifs is 1. The monoisotopic (exact) mass is 402 g/mol. The Labute approximate surface area is 176 Å². The summed E-state index contributed by atoms with van der Waals surface area (Å²) in [7, 11) is 0. The van der Waals surface area contributed by atoms with Crippen LogP contribution in [0.15, 0.2) is 72.8 Å². The van der Waals surface area contributed by atoms with Crippen molar-refractivity contribution < 1.29 is 14.3 Å². The quantitative estimate of drug-likeness (QED) is 0.756. The highest BCUT2D eigenvalue weighted by atomic mass is 16.5. The van der Waals surface area contributed by atoms with Gasteiger partial charge >= 0.3 is 0 Å². The van der Waals surface area contributed by atoms with Crippen molar-refractivity contribution in [1.29, 1.82) is 0 Å². The number of amides is 2. The van der Waals surface area contributed by atoms with Crippen molar-refractivity contribution in [2.24, 2.45) is 11.8 Å². The lowest BCUT2D eigenvalue weighted by molar-refractivity contribution is -0.132. The molecule has 2 amide bonds. The second-order valence-electron chi connectivity index (χ2n) is 8.59. The predicted octanol–water partition coefficient (Wildman–Crippen LogP) is 3.11. The molecule has 0 aliphatic carbocycles. The van der Waals surface area contributed by atoms with Gasteiger partial charge in [0.1, 0.15) is 5.60 Å². The Morgan fingerprint density at radius 2 is 1.87 bits per heavy atom. The standard InChI is InChI=1S/C25H26N2O3/c1-17(12-13-18-8-4-2-5-9-18)26-23(28)21-20-14-15-25(30-20)16-27(24(29)22(21)25)19-10-6-3-7-11-19/h2-11,14-15,17,20-22H,12-13,16H2,1H3,(H,26,28)/t17-,20-,21+,22-,25+/m0/s1. The lowest BCUT2D eigenvalue weighted by Gasteiger charge is -2.25. The molecule has 3 heterocycles. The lowest BCUT2D eigenvalue weighted by Crippen LogP contribution is -2.46. The van der Waals surface area contributed by atoms with Gasteiger partial charge in [0.25, 0.3) is 0 Å². The molecule has 3 aliphatic rings. The molecule has 0 radical (unpaired) electrons. The number of nitrogens with zero attached hydrogens (tertiary/aromatic N) is 1. The lowest BCUT2D eigenvalue weighted by atomic mass is 9.76. The second kappa shape index (κ2) is 7.40. The molecular formula is C25H26N2O3. The Balaban J connectivity index is 1.29. The number of benzene rings is 2. The van der Waals surface area contributed by atoms with E-state index in [-0.39, 0.29) is 24.0 Å². The van der Waals surface area contributed by atoms with E-state index in [9.17, 15) is 9.59 Å². The normalized spacial score (nSPS) is 29.8. The Bertz CT molecular complexity index is 974. The third kappa shape index (κ3) is 3.14. The minimum absolute atomic E-state index is 0.0230. The second-order valence-corrected chi connectivity index (χ2v) is 8.59. The van der Waals surface area contributed by atoms with E-state index in [1.165, 1.54) is 5.56 Å². The summed E-state index contributed by atoms with van der Waals surface area (Å²) in [5.41, 5.74) is 1.42. The first-order valence-electron chi connectivity index (χ1n) is 10.7. The highest BCUT2D eigenvalue weighted by molar-refractivity contribution is 6.03. The van der Waals surface area contributed by atoms with Crippen LogP contribution in [0.3, 0.4) is 0 Å². The molecule has 2 fully saturated rings. The maximum absolute atomic E-state index is 13.3. The van der Waals surface area contributed by atoms with Crippen molar-refractivity contribution in [3.05, 3.63) is 78.4 Å². The molecule has 1 spiro atoms. The Kier molecular flexibility index (Phi) is 4.70. The molecule has 5 rings (SSSR count). The molecule has 154 valence electrons. The van der Waals surface area contributed by atoms with E-state index in [4.69, 9.17) is 4.74 Å². The summed E-state index contributed by atoms with van der Waals surface area (Å²) in [6, 6.07) is 19.9. The first-order valence-corrected chi connectivity index (χ1v) is 10.7. The molecule has 0 unspecified atom stereocenters. The molecule has 3 aliphatic heterocycles. The van der Waals surface area contributed by atoms with E-state index in [1.807, 2.05) is 67.6 Å². The zero-order chi connectivity index (χ0) is 20.7. The smallest absolute Gasteiger partial charge is 0.234 e. The fourth-order valence-electron chi connectivity index (χ4n) is 5.06. The fourth-order valence-corrected chi connectivity index (χ4v) is 5.06. The van der Waals surface area contributed by atoms with E-state index in [1.54, 1.807) is 4.90 Å². The summed E-state index contributed by atoms with van der Waals surface area (Å²) in [5.74, 6) is -1.05.